The molecule has 1 amide bonds. The van der Waals surface area contributed by atoms with Gasteiger partial charge in [0.25, 0.3) is 0 Å². The molecule has 5 nitrogen and oxygen atoms in total. The van der Waals surface area contributed by atoms with E-state index in [4.69, 9.17) is 4.84 Å². The lowest BCUT2D eigenvalue weighted by atomic mass is 9.81. The first kappa shape index (κ1) is 21.0. The Morgan fingerprint density at radius 3 is 2.50 bits per heavy atom. The highest BCUT2D eigenvalue weighted by atomic mass is 19.1. The largest absolute Gasteiger partial charge is 0.346 e. The predicted octanol–water partition coefficient (Wildman–Crippen LogP) is 5.17. The van der Waals surface area contributed by atoms with Crippen LogP contribution in [0.3, 0.4) is 0 Å². The number of amides is 1. The van der Waals surface area contributed by atoms with Gasteiger partial charge in [0.2, 0.25) is 5.91 Å². The minimum atomic E-state index is -0.660. The summed E-state index contributed by atoms with van der Waals surface area (Å²) in [7, 11) is 0. The number of benzene rings is 1. The maximum atomic E-state index is 13.7. The molecule has 0 radical (unpaired) electrons. The lowest BCUT2D eigenvalue weighted by Gasteiger charge is -2.32. The van der Waals surface area contributed by atoms with E-state index in [1.165, 1.54) is 29.5 Å². The number of carbonyl (C=O) groups is 1. The molecule has 0 N–H and O–H groups in total. The van der Waals surface area contributed by atoms with E-state index in [-0.39, 0.29) is 17.6 Å². The van der Waals surface area contributed by atoms with Gasteiger partial charge in [-0.25, -0.2) is 18.2 Å². The topological polar surface area (TPSA) is 47.4 Å². The summed E-state index contributed by atoms with van der Waals surface area (Å²) in [6, 6.07) is 6.25. The summed E-state index contributed by atoms with van der Waals surface area (Å²) in [5, 5.41) is 1.33. The van der Waals surface area contributed by atoms with Crippen molar-refractivity contribution < 1.29 is 22.8 Å². The monoisotopic (exact) mass is 443 g/mol. The first-order valence-electron chi connectivity index (χ1n) is 11.0. The van der Waals surface area contributed by atoms with Crippen molar-refractivity contribution in [3.8, 4) is 0 Å². The third kappa shape index (κ3) is 4.11. The summed E-state index contributed by atoms with van der Waals surface area (Å²) < 4.78 is 43.0. The van der Waals surface area contributed by atoms with Crippen LogP contribution in [0.1, 0.15) is 43.7 Å². The van der Waals surface area contributed by atoms with Crippen LogP contribution in [0.2, 0.25) is 0 Å². The van der Waals surface area contributed by atoms with E-state index in [1.54, 1.807) is 0 Å². The molecule has 1 aliphatic heterocycles. The Morgan fingerprint density at radius 2 is 1.75 bits per heavy atom. The molecule has 1 saturated carbocycles. The molecule has 0 bridgehead atoms. The molecule has 1 atom stereocenters. The molecule has 168 valence electrons. The Bertz CT molecular complexity index is 1120. The van der Waals surface area contributed by atoms with Crippen molar-refractivity contribution in [2.45, 2.75) is 44.7 Å². The first-order chi connectivity index (χ1) is 15.5. The SMILES string of the molecule is O=C(C1CCC(Cn2ccc3ncc(F)cc32)CC1)N1OCC[C@H]1c1cc(F)cc(F)c1. The van der Waals surface area contributed by atoms with Crippen LogP contribution in [-0.2, 0) is 16.2 Å². The molecule has 3 heterocycles. The third-order valence-corrected chi connectivity index (χ3v) is 6.63. The van der Waals surface area contributed by atoms with Crippen molar-refractivity contribution in [1.29, 1.82) is 0 Å². The van der Waals surface area contributed by atoms with Crippen LogP contribution in [0.15, 0.2) is 42.7 Å². The van der Waals surface area contributed by atoms with Gasteiger partial charge in [-0.1, -0.05) is 0 Å². The molecule has 2 aliphatic rings. The lowest BCUT2D eigenvalue weighted by Crippen LogP contribution is -2.37. The number of hydrogen-bond acceptors (Lipinski definition) is 3. The Morgan fingerprint density at radius 1 is 1.00 bits per heavy atom. The number of hydrogen-bond donors (Lipinski definition) is 0. The normalized spacial score (nSPS) is 23.7. The molecule has 8 heteroatoms. The number of rotatable bonds is 4. The Labute approximate surface area is 183 Å². The summed E-state index contributed by atoms with van der Waals surface area (Å²) in [5.74, 6) is -1.59. The molecule has 5 rings (SSSR count). The first-order valence-corrected chi connectivity index (χ1v) is 11.0. The average Bonchev–Trinajstić information content (AvgIpc) is 3.41. The van der Waals surface area contributed by atoms with Crippen molar-refractivity contribution in [3.63, 3.8) is 0 Å². The van der Waals surface area contributed by atoms with Crippen LogP contribution in [-0.4, -0.2) is 27.1 Å². The second-order valence-corrected chi connectivity index (χ2v) is 8.75. The quantitative estimate of drug-likeness (QED) is 0.559. The average molecular weight is 443 g/mol. The smallest absolute Gasteiger partial charge is 0.249 e. The fourth-order valence-electron chi connectivity index (χ4n) is 5.00. The lowest BCUT2D eigenvalue weighted by molar-refractivity contribution is -0.183. The van der Waals surface area contributed by atoms with Crippen molar-refractivity contribution in [2.75, 3.05) is 6.61 Å². The number of fused-ring (bicyclic) bond motifs is 1. The van der Waals surface area contributed by atoms with Crippen LogP contribution in [0.5, 0.6) is 0 Å². The number of hydroxylamine groups is 2. The Balaban J connectivity index is 1.22. The minimum absolute atomic E-state index is 0.117. The molecule has 3 aromatic rings. The molecule has 2 aromatic heterocycles. The molecule has 1 aliphatic carbocycles. The molecule has 2 fully saturated rings. The number of aromatic nitrogens is 2. The van der Waals surface area contributed by atoms with Crippen LogP contribution >= 0.6 is 0 Å². The molecule has 1 aromatic carbocycles. The fourth-order valence-corrected chi connectivity index (χ4v) is 5.00. The van der Waals surface area contributed by atoms with Gasteiger partial charge in [-0.15, -0.1) is 0 Å². The second-order valence-electron chi connectivity index (χ2n) is 8.75. The highest BCUT2D eigenvalue weighted by molar-refractivity contribution is 5.78. The van der Waals surface area contributed by atoms with Crippen molar-refractivity contribution in [3.05, 3.63) is 65.7 Å². The fraction of sp³-hybridized carbons (Fsp3) is 0.417. The zero-order valence-electron chi connectivity index (χ0n) is 17.5. The number of nitrogens with zero attached hydrogens (tertiary/aromatic N) is 3. The zero-order valence-corrected chi connectivity index (χ0v) is 17.5. The summed E-state index contributed by atoms with van der Waals surface area (Å²) in [6.07, 6.45) is 6.83. The van der Waals surface area contributed by atoms with Gasteiger partial charge in [0, 0.05) is 37.2 Å². The predicted molar refractivity (Wildman–Crippen MR) is 112 cm³/mol. The van der Waals surface area contributed by atoms with Gasteiger partial charge in [-0.2, -0.15) is 0 Å². The van der Waals surface area contributed by atoms with Gasteiger partial charge < -0.3 is 4.57 Å². The van der Waals surface area contributed by atoms with E-state index in [1.807, 2.05) is 16.8 Å². The van der Waals surface area contributed by atoms with Crippen LogP contribution in [0.25, 0.3) is 11.0 Å². The van der Waals surface area contributed by atoms with Gasteiger partial charge in [-0.3, -0.25) is 14.6 Å². The maximum Gasteiger partial charge on any atom is 0.249 e. The van der Waals surface area contributed by atoms with E-state index < -0.39 is 17.7 Å². The summed E-state index contributed by atoms with van der Waals surface area (Å²) in [6.45, 7) is 1.09. The number of carbonyl (C=O) groups excluding carboxylic acids is 1. The molecular weight excluding hydrogens is 419 g/mol. The second kappa shape index (κ2) is 8.58. The van der Waals surface area contributed by atoms with Gasteiger partial charge >= 0.3 is 0 Å². The van der Waals surface area contributed by atoms with Gasteiger partial charge in [0.1, 0.15) is 17.5 Å². The van der Waals surface area contributed by atoms with Gasteiger partial charge in [-0.05, 0) is 55.4 Å². The Kier molecular flexibility index (Phi) is 5.63. The molecule has 32 heavy (non-hydrogen) atoms. The van der Waals surface area contributed by atoms with Crippen LogP contribution in [0, 0.1) is 29.3 Å². The highest BCUT2D eigenvalue weighted by Gasteiger charge is 2.37. The summed E-state index contributed by atoms with van der Waals surface area (Å²) >= 11 is 0. The van der Waals surface area contributed by atoms with Crippen molar-refractivity contribution in [1.82, 2.24) is 14.6 Å². The van der Waals surface area contributed by atoms with E-state index >= 15 is 0 Å². The minimum Gasteiger partial charge on any atom is -0.346 e. The van der Waals surface area contributed by atoms with Crippen molar-refractivity contribution in [2.24, 2.45) is 11.8 Å². The van der Waals surface area contributed by atoms with E-state index in [0.717, 1.165) is 49.3 Å². The van der Waals surface area contributed by atoms with Gasteiger partial charge in [0.05, 0.1) is 29.9 Å². The van der Waals surface area contributed by atoms with Crippen LogP contribution < -0.4 is 0 Å². The van der Waals surface area contributed by atoms with E-state index in [9.17, 15) is 18.0 Å². The standard InChI is InChI=1S/C24H24F3N3O2/c25-18-9-17(10-19(26)11-18)22-6-8-32-30(22)24(31)16-3-1-15(2-4-16)14-29-7-5-21-23(29)12-20(27)13-28-21/h5,7,9-13,15-16,22H,1-4,6,8,14H2/t15?,16?,22-/m0/s1. The Hall–Kier alpha value is -2.87. The summed E-state index contributed by atoms with van der Waals surface area (Å²) in [5.41, 5.74) is 1.96. The number of halogens is 3. The number of pyridine rings is 1. The molecule has 0 unspecified atom stereocenters. The summed E-state index contributed by atoms with van der Waals surface area (Å²) in [4.78, 5) is 22.8. The molecular formula is C24H24F3N3O2. The van der Waals surface area contributed by atoms with E-state index in [0.29, 0.717) is 24.5 Å². The van der Waals surface area contributed by atoms with Crippen molar-refractivity contribution >= 4 is 16.9 Å². The third-order valence-electron chi connectivity index (χ3n) is 6.63. The van der Waals surface area contributed by atoms with Gasteiger partial charge in [0.15, 0.2) is 0 Å². The highest BCUT2D eigenvalue weighted by Crippen LogP contribution is 2.37. The maximum absolute atomic E-state index is 13.7. The van der Waals surface area contributed by atoms with Crippen LogP contribution in [0.4, 0.5) is 13.2 Å². The zero-order chi connectivity index (χ0) is 22.2. The molecule has 0 spiro atoms. The van der Waals surface area contributed by atoms with E-state index in [2.05, 4.69) is 4.98 Å². The molecule has 1 saturated heterocycles.